The molecule has 0 saturated carbocycles. The monoisotopic (exact) mass is 273 g/mol. The van der Waals surface area contributed by atoms with Crippen LogP contribution in [0, 0.1) is 0 Å². The molecule has 0 heterocycles. The van der Waals surface area contributed by atoms with Gasteiger partial charge >= 0.3 is 0 Å². The topological polar surface area (TPSA) is 49.8 Å². The Morgan fingerprint density at radius 3 is 2.55 bits per heavy atom. The van der Waals surface area contributed by atoms with Crippen molar-refractivity contribution >= 4 is 5.78 Å². The van der Waals surface area contributed by atoms with Crippen molar-refractivity contribution in [2.75, 3.05) is 21.2 Å². The molecule has 1 aromatic carbocycles. The highest BCUT2D eigenvalue weighted by atomic mass is 16.5. The van der Waals surface area contributed by atoms with Crippen LogP contribution in [0.5, 0.6) is 5.75 Å². The molecular weight excluding hydrogens is 254 g/mol. The van der Waals surface area contributed by atoms with E-state index in [-0.39, 0.29) is 11.5 Å². The number of hydrogen-bond acceptors (Lipinski definition) is 4. The van der Waals surface area contributed by atoms with Gasteiger partial charge in [0.1, 0.15) is 11.5 Å². The molecular formula is C16H19NO3. The molecule has 0 aromatic heterocycles. The number of para-hydroxylation sites is 1. The van der Waals surface area contributed by atoms with Crippen LogP contribution >= 0.6 is 0 Å². The molecule has 1 N–H and O–H groups in total. The second-order valence-corrected chi connectivity index (χ2v) is 4.99. The molecule has 1 atom stereocenters. The second-order valence-electron chi connectivity index (χ2n) is 4.99. The number of ketones is 1. The Hall–Kier alpha value is -1.91. The van der Waals surface area contributed by atoms with Gasteiger partial charge in [-0.3, -0.25) is 9.69 Å². The fraction of sp³-hybridized carbons (Fsp3) is 0.312. The summed E-state index contributed by atoms with van der Waals surface area (Å²) in [7, 11) is 5.50. The third kappa shape index (κ3) is 2.53. The zero-order valence-corrected chi connectivity index (χ0v) is 12.0. The highest BCUT2D eigenvalue weighted by Crippen LogP contribution is 2.29. The van der Waals surface area contributed by atoms with Crippen molar-refractivity contribution in [1.29, 1.82) is 0 Å². The van der Waals surface area contributed by atoms with Crippen LogP contribution in [0.3, 0.4) is 0 Å². The fourth-order valence-corrected chi connectivity index (χ4v) is 2.27. The standard InChI is InChI=1S/C16H19NO3/c1-17(2)16(20-3)10-8-12(9-11-16)15(19)13-6-4-5-7-14(13)18/h4-10,18H,11H2,1-3H3. The smallest absolute Gasteiger partial charge is 0.196 e. The van der Waals surface area contributed by atoms with Gasteiger partial charge in [0.2, 0.25) is 0 Å². The summed E-state index contributed by atoms with van der Waals surface area (Å²) in [4.78, 5) is 14.3. The number of nitrogens with zero attached hydrogens (tertiary/aromatic N) is 1. The fourth-order valence-electron chi connectivity index (χ4n) is 2.27. The van der Waals surface area contributed by atoms with Crippen LogP contribution in [0.25, 0.3) is 0 Å². The lowest BCUT2D eigenvalue weighted by Gasteiger charge is -2.36. The maximum absolute atomic E-state index is 12.4. The Kier molecular flexibility index (Phi) is 4.06. The third-order valence-corrected chi connectivity index (χ3v) is 3.66. The largest absolute Gasteiger partial charge is 0.507 e. The lowest BCUT2D eigenvalue weighted by atomic mass is 9.93. The summed E-state index contributed by atoms with van der Waals surface area (Å²) in [5.74, 6) is -0.175. The highest BCUT2D eigenvalue weighted by molar-refractivity contribution is 6.12. The Morgan fingerprint density at radius 2 is 2.05 bits per heavy atom. The molecule has 0 saturated heterocycles. The SMILES string of the molecule is COC1(N(C)C)C=CC(C(=O)c2ccccc2O)=CC1. The Balaban J connectivity index is 2.24. The van der Waals surface area contributed by atoms with E-state index in [2.05, 4.69) is 0 Å². The average molecular weight is 273 g/mol. The number of phenols is 1. The molecule has 0 amide bonds. The number of methoxy groups -OCH3 is 1. The third-order valence-electron chi connectivity index (χ3n) is 3.66. The number of carbonyl (C=O) groups is 1. The first-order chi connectivity index (χ1) is 9.50. The van der Waals surface area contributed by atoms with Crippen LogP contribution < -0.4 is 0 Å². The summed E-state index contributed by atoms with van der Waals surface area (Å²) < 4.78 is 5.53. The molecule has 4 heteroatoms. The van der Waals surface area contributed by atoms with Gasteiger partial charge in [-0.1, -0.05) is 24.3 Å². The number of likely N-dealkylation sites (N-methyl/N-ethyl adjacent to an activating group) is 1. The van der Waals surface area contributed by atoms with E-state index >= 15 is 0 Å². The van der Waals surface area contributed by atoms with Crippen molar-refractivity contribution in [3.63, 3.8) is 0 Å². The van der Waals surface area contributed by atoms with Crippen molar-refractivity contribution in [1.82, 2.24) is 4.90 Å². The zero-order chi connectivity index (χ0) is 14.8. The molecule has 0 aliphatic heterocycles. The summed E-state index contributed by atoms with van der Waals surface area (Å²) in [5.41, 5.74) is 0.377. The number of rotatable bonds is 4. The van der Waals surface area contributed by atoms with E-state index in [1.54, 1.807) is 31.4 Å². The van der Waals surface area contributed by atoms with Crippen LogP contribution in [-0.2, 0) is 4.74 Å². The highest BCUT2D eigenvalue weighted by Gasteiger charge is 2.31. The second kappa shape index (κ2) is 5.61. The molecule has 0 spiro atoms. The van der Waals surface area contributed by atoms with E-state index in [1.165, 1.54) is 6.07 Å². The van der Waals surface area contributed by atoms with Crippen LogP contribution in [0.2, 0.25) is 0 Å². The van der Waals surface area contributed by atoms with E-state index in [0.29, 0.717) is 17.6 Å². The number of ether oxygens (including phenoxy) is 1. The number of carbonyl (C=O) groups excluding carboxylic acids is 1. The summed E-state index contributed by atoms with van der Waals surface area (Å²) in [6, 6.07) is 6.56. The maximum atomic E-state index is 12.4. The molecule has 1 aromatic rings. The van der Waals surface area contributed by atoms with Gasteiger partial charge in [-0.25, -0.2) is 0 Å². The Labute approximate surface area is 119 Å². The number of benzene rings is 1. The number of allylic oxidation sites excluding steroid dienone is 2. The van der Waals surface area contributed by atoms with Gasteiger partial charge in [-0.2, -0.15) is 0 Å². The lowest BCUT2D eigenvalue weighted by Crippen LogP contribution is -2.44. The van der Waals surface area contributed by atoms with Crippen LogP contribution in [-0.4, -0.2) is 42.7 Å². The lowest BCUT2D eigenvalue weighted by molar-refractivity contribution is -0.0726. The maximum Gasteiger partial charge on any atom is 0.196 e. The molecule has 2 rings (SSSR count). The number of hydrogen-bond donors (Lipinski definition) is 1. The Bertz CT molecular complexity index is 575. The molecule has 1 aliphatic rings. The van der Waals surface area contributed by atoms with Gasteiger partial charge in [0, 0.05) is 19.1 Å². The van der Waals surface area contributed by atoms with Gasteiger partial charge in [-0.05, 0) is 32.3 Å². The zero-order valence-electron chi connectivity index (χ0n) is 12.0. The molecule has 20 heavy (non-hydrogen) atoms. The Morgan fingerprint density at radius 1 is 1.35 bits per heavy atom. The molecule has 1 unspecified atom stereocenters. The van der Waals surface area contributed by atoms with Crippen LogP contribution in [0.15, 0.2) is 48.1 Å². The summed E-state index contributed by atoms with van der Waals surface area (Å²) in [5, 5.41) is 9.74. The van der Waals surface area contributed by atoms with E-state index < -0.39 is 5.72 Å². The molecule has 106 valence electrons. The molecule has 0 bridgehead atoms. The van der Waals surface area contributed by atoms with Crippen LogP contribution in [0.4, 0.5) is 0 Å². The molecule has 0 fully saturated rings. The predicted octanol–water partition coefficient (Wildman–Crippen LogP) is 2.37. The predicted molar refractivity (Wildman–Crippen MR) is 77.7 cm³/mol. The summed E-state index contributed by atoms with van der Waals surface area (Å²) in [6.45, 7) is 0. The van der Waals surface area contributed by atoms with Crippen molar-refractivity contribution in [2.24, 2.45) is 0 Å². The molecule has 4 nitrogen and oxygen atoms in total. The van der Waals surface area contributed by atoms with Gasteiger partial charge in [-0.15, -0.1) is 0 Å². The minimum atomic E-state index is -0.511. The van der Waals surface area contributed by atoms with Crippen LogP contribution in [0.1, 0.15) is 16.8 Å². The van der Waals surface area contributed by atoms with E-state index in [4.69, 9.17) is 4.74 Å². The molecule has 1 aliphatic carbocycles. The van der Waals surface area contributed by atoms with Gasteiger partial charge in [0.25, 0.3) is 0 Å². The van der Waals surface area contributed by atoms with Crippen molar-refractivity contribution < 1.29 is 14.6 Å². The van der Waals surface area contributed by atoms with Crippen molar-refractivity contribution in [3.8, 4) is 5.75 Å². The first-order valence-electron chi connectivity index (χ1n) is 6.45. The number of phenolic OH excluding ortho intramolecular Hbond substituents is 1. The van der Waals surface area contributed by atoms with Gasteiger partial charge in [0.05, 0.1) is 5.56 Å². The van der Waals surface area contributed by atoms with E-state index in [0.717, 1.165) is 0 Å². The number of Topliss-reactive ketones (excluding diaryl/α,β-unsaturated/α-hetero) is 1. The first kappa shape index (κ1) is 14.5. The minimum absolute atomic E-state index is 0.00277. The minimum Gasteiger partial charge on any atom is -0.507 e. The first-order valence-corrected chi connectivity index (χ1v) is 6.45. The van der Waals surface area contributed by atoms with Crippen molar-refractivity contribution in [2.45, 2.75) is 12.1 Å². The quantitative estimate of drug-likeness (QED) is 0.676. The normalized spacial score (nSPS) is 21.9. The van der Waals surface area contributed by atoms with Crippen molar-refractivity contribution in [3.05, 3.63) is 53.6 Å². The summed E-state index contributed by atoms with van der Waals surface area (Å²) >= 11 is 0. The van der Waals surface area contributed by atoms with E-state index in [1.807, 2.05) is 31.1 Å². The summed E-state index contributed by atoms with van der Waals surface area (Å²) in [6.07, 6.45) is 6.06. The van der Waals surface area contributed by atoms with Gasteiger partial charge in [0.15, 0.2) is 5.78 Å². The van der Waals surface area contributed by atoms with Gasteiger partial charge < -0.3 is 9.84 Å². The molecule has 0 radical (unpaired) electrons. The average Bonchev–Trinajstić information content (AvgIpc) is 2.47. The van der Waals surface area contributed by atoms with E-state index in [9.17, 15) is 9.90 Å². The number of aromatic hydroxyl groups is 1.